The van der Waals surface area contributed by atoms with Gasteiger partial charge in [0.05, 0.1) is 11.3 Å². The minimum Gasteiger partial charge on any atom is -0.481 e. The second kappa shape index (κ2) is 5.30. The Kier molecular flexibility index (Phi) is 4.29. The van der Waals surface area contributed by atoms with Crippen LogP contribution in [0.15, 0.2) is 0 Å². The number of nitrogens with one attached hydrogen (secondary N) is 1. The summed E-state index contributed by atoms with van der Waals surface area (Å²) >= 11 is 0. The van der Waals surface area contributed by atoms with E-state index in [0.29, 0.717) is 19.5 Å². The quantitative estimate of drug-likeness (QED) is 0.611. The van der Waals surface area contributed by atoms with Crippen molar-refractivity contribution in [2.45, 2.75) is 32.6 Å². The molecule has 92 valence electrons. The summed E-state index contributed by atoms with van der Waals surface area (Å²) in [6, 6.07) is 0. The molecule has 0 spiro atoms. The lowest BCUT2D eigenvalue weighted by Crippen LogP contribution is -2.50. The molecule has 1 saturated carbocycles. The molecular weight excluding hydrogens is 208 g/mol. The van der Waals surface area contributed by atoms with Crippen molar-refractivity contribution in [2.75, 3.05) is 13.1 Å². The molecule has 1 aliphatic rings. The van der Waals surface area contributed by atoms with Gasteiger partial charge in [0.15, 0.2) is 0 Å². The maximum atomic E-state index is 11.8. The Bertz CT molecular complexity index is 269. The maximum Gasteiger partial charge on any atom is 0.306 e. The SMILES string of the molecule is CC(CCNC(=O)C1(CN)CCC1)C(=O)O. The van der Waals surface area contributed by atoms with Crippen LogP contribution in [0.25, 0.3) is 0 Å². The van der Waals surface area contributed by atoms with Crippen LogP contribution in [-0.4, -0.2) is 30.1 Å². The number of aliphatic carboxylic acids is 1. The van der Waals surface area contributed by atoms with Gasteiger partial charge in [-0.25, -0.2) is 0 Å². The van der Waals surface area contributed by atoms with Gasteiger partial charge in [0.2, 0.25) is 5.91 Å². The Morgan fingerprint density at radius 2 is 2.12 bits per heavy atom. The lowest BCUT2D eigenvalue weighted by molar-refractivity contribution is -0.142. The summed E-state index contributed by atoms with van der Waals surface area (Å²) < 4.78 is 0. The number of amides is 1. The Morgan fingerprint density at radius 1 is 1.50 bits per heavy atom. The summed E-state index contributed by atoms with van der Waals surface area (Å²) in [7, 11) is 0. The molecule has 0 aromatic heterocycles. The zero-order valence-corrected chi connectivity index (χ0v) is 9.66. The summed E-state index contributed by atoms with van der Waals surface area (Å²) in [5.41, 5.74) is 5.23. The third-order valence-electron chi connectivity index (χ3n) is 3.47. The van der Waals surface area contributed by atoms with Gasteiger partial charge >= 0.3 is 5.97 Å². The second-order valence-corrected chi connectivity index (χ2v) is 4.62. The first kappa shape index (κ1) is 13.0. The third kappa shape index (κ3) is 2.72. The van der Waals surface area contributed by atoms with Crippen LogP contribution in [-0.2, 0) is 9.59 Å². The molecule has 0 saturated heterocycles. The highest BCUT2D eigenvalue weighted by Gasteiger charge is 2.42. The molecule has 1 aliphatic carbocycles. The van der Waals surface area contributed by atoms with Crippen molar-refractivity contribution in [3.63, 3.8) is 0 Å². The summed E-state index contributed by atoms with van der Waals surface area (Å²) in [6.45, 7) is 2.43. The highest BCUT2D eigenvalue weighted by Crippen LogP contribution is 2.39. The first-order valence-corrected chi connectivity index (χ1v) is 5.73. The van der Waals surface area contributed by atoms with E-state index in [1.54, 1.807) is 6.92 Å². The molecule has 1 amide bonds. The summed E-state index contributed by atoms with van der Waals surface area (Å²) in [6.07, 6.45) is 3.21. The number of carbonyl (C=O) groups excluding carboxylic acids is 1. The van der Waals surface area contributed by atoms with Crippen LogP contribution in [0.5, 0.6) is 0 Å². The number of nitrogens with two attached hydrogens (primary N) is 1. The molecule has 0 aromatic rings. The van der Waals surface area contributed by atoms with Crippen molar-refractivity contribution < 1.29 is 14.7 Å². The van der Waals surface area contributed by atoms with Gasteiger partial charge in [-0.05, 0) is 19.3 Å². The zero-order chi connectivity index (χ0) is 12.2. The van der Waals surface area contributed by atoms with E-state index < -0.39 is 11.9 Å². The monoisotopic (exact) mass is 228 g/mol. The van der Waals surface area contributed by atoms with Crippen LogP contribution in [0.3, 0.4) is 0 Å². The zero-order valence-electron chi connectivity index (χ0n) is 9.66. The predicted octanol–water partition coefficient (Wildman–Crippen LogP) is 0.342. The normalized spacial score (nSPS) is 19.6. The van der Waals surface area contributed by atoms with Crippen molar-refractivity contribution in [2.24, 2.45) is 17.1 Å². The van der Waals surface area contributed by atoms with Gasteiger partial charge in [-0.1, -0.05) is 13.3 Å². The molecule has 5 nitrogen and oxygen atoms in total. The Hall–Kier alpha value is -1.10. The van der Waals surface area contributed by atoms with Gasteiger partial charge in [0.25, 0.3) is 0 Å². The molecular formula is C11H20N2O3. The molecule has 0 aliphatic heterocycles. The summed E-state index contributed by atoms with van der Waals surface area (Å²) in [4.78, 5) is 22.4. The molecule has 0 bridgehead atoms. The van der Waals surface area contributed by atoms with Crippen molar-refractivity contribution in [3.05, 3.63) is 0 Å². The van der Waals surface area contributed by atoms with E-state index in [2.05, 4.69) is 5.32 Å². The van der Waals surface area contributed by atoms with Crippen LogP contribution >= 0.6 is 0 Å². The van der Waals surface area contributed by atoms with Crippen molar-refractivity contribution in [1.82, 2.24) is 5.32 Å². The van der Waals surface area contributed by atoms with Crippen LogP contribution in [0.2, 0.25) is 0 Å². The average Bonchev–Trinajstić information content (AvgIpc) is 2.16. The standard InChI is InChI=1S/C11H20N2O3/c1-8(9(14)15)3-6-13-10(16)11(7-12)4-2-5-11/h8H,2-7,12H2,1H3,(H,13,16)(H,14,15). The minimum atomic E-state index is -0.827. The van der Waals surface area contributed by atoms with Gasteiger partial charge in [0, 0.05) is 13.1 Å². The first-order chi connectivity index (χ1) is 7.52. The van der Waals surface area contributed by atoms with Crippen molar-refractivity contribution in [3.8, 4) is 0 Å². The van der Waals surface area contributed by atoms with E-state index in [1.807, 2.05) is 0 Å². The van der Waals surface area contributed by atoms with Gasteiger partial charge in [-0.3, -0.25) is 9.59 Å². The molecule has 16 heavy (non-hydrogen) atoms. The fraction of sp³-hybridized carbons (Fsp3) is 0.818. The highest BCUT2D eigenvalue weighted by molar-refractivity contribution is 5.83. The van der Waals surface area contributed by atoms with Crippen LogP contribution < -0.4 is 11.1 Å². The fourth-order valence-corrected chi connectivity index (χ4v) is 1.84. The second-order valence-electron chi connectivity index (χ2n) is 4.62. The number of carbonyl (C=O) groups is 2. The Morgan fingerprint density at radius 3 is 2.50 bits per heavy atom. The topological polar surface area (TPSA) is 92.4 Å². The molecule has 5 heteroatoms. The average molecular weight is 228 g/mol. The number of carboxylic acid groups (broad SMARTS) is 1. The van der Waals surface area contributed by atoms with Gasteiger partial charge < -0.3 is 16.2 Å². The largest absolute Gasteiger partial charge is 0.481 e. The van der Waals surface area contributed by atoms with Gasteiger partial charge in [-0.15, -0.1) is 0 Å². The number of hydrogen-bond donors (Lipinski definition) is 3. The molecule has 1 atom stereocenters. The van der Waals surface area contributed by atoms with Gasteiger partial charge in [0.1, 0.15) is 0 Å². The predicted molar refractivity (Wildman–Crippen MR) is 59.8 cm³/mol. The molecule has 0 aromatic carbocycles. The molecule has 0 radical (unpaired) electrons. The van der Waals surface area contributed by atoms with Gasteiger partial charge in [-0.2, -0.15) is 0 Å². The molecule has 4 N–H and O–H groups in total. The van der Waals surface area contributed by atoms with Crippen molar-refractivity contribution >= 4 is 11.9 Å². The maximum absolute atomic E-state index is 11.8. The van der Waals surface area contributed by atoms with E-state index in [0.717, 1.165) is 19.3 Å². The molecule has 1 rings (SSSR count). The van der Waals surface area contributed by atoms with Crippen LogP contribution in [0.4, 0.5) is 0 Å². The van der Waals surface area contributed by atoms with E-state index in [4.69, 9.17) is 10.8 Å². The molecule has 0 heterocycles. The third-order valence-corrected chi connectivity index (χ3v) is 3.47. The van der Waals surface area contributed by atoms with Crippen molar-refractivity contribution in [1.29, 1.82) is 0 Å². The molecule has 1 unspecified atom stereocenters. The highest BCUT2D eigenvalue weighted by atomic mass is 16.4. The smallest absolute Gasteiger partial charge is 0.306 e. The van der Waals surface area contributed by atoms with E-state index >= 15 is 0 Å². The minimum absolute atomic E-state index is 0.0150. The first-order valence-electron chi connectivity index (χ1n) is 5.73. The number of hydrogen-bond acceptors (Lipinski definition) is 3. The van der Waals surface area contributed by atoms with Crippen LogP contribution in [0.1, 0.15) is 32.6 Å². The lowest BCUT2D eigenvalue weighted by atomic mass is 9.68. The fourth-order valence-electron chi connectivity index (χ4n) is 1.84. The Labute approximate surface area is 95.4 Å². The van der Waals surface area contributed by atoms with E-state index in [-0.39, 0.29) is 11.3 Å². The van der Waals surface area contributed by atoms with E-state index in [1.165, 1.54) is 0 Å². The van der Waals surface area contributed by atoms with E-state index in [9.17, 15) is 9.59 Å². The number of rotatable bonds is 6. The number of carboxylic acids is 1. The summed E-state index contributed by atoms with van der Waals surface area (Å²) in [5, 5.41) is 11.5. The summed E-state index contributed by atoms with van der Waals surface area (Å²) in [5.74, 6) is -1.26. The Balaban J connectivity index is 2.27. The van der Waals surface area contributed by atoms with Crippen LogP contribution in [0, 0.1) is 11.3 Å². The molecule has 1 fully saturated rings. The lowest BCUT2D eigenvalue weighted by Gasteiger charge is -2.39.